The lowest BCUT2D eigenvalue weighted by Gasteiger charge is -2.31. The van der Waals surface area contributed by atoms with Gasteiger partial charge in [0.2, 0.25) is 0 Å². The van der Waals surface area contributed by atoms with Crippen LogP contribution in [0.3, 0.4) is 0 Å². The fourth-order valence-corrected chi connectivity index (χ4v) is 2.29. The van der Waals surface area contributed by atoms with E-state index in [1.165, 1.54) is 4.88 Å². The number of rotatable bonds is 6. The van der Waals surface area contributed by atoms with Gasteiger partial charge in [0.15, 0.2) is 0 Å². The molecule has 0 bridgehead atoms. The lowest BCUT2D eigenvalue weighted by atomic mass is 9.82. The molecule has 1 aromatic heterocycles. The smallest absolute Gasteiger partial charge is 0.0897 e. The second-order valence-electron chi connectivity index (χ2n) is 4.63. The molecule has 2 N–H and O–H groups in total. The number of aromatic nitrogens is 1. The van der Waals surface area contributed by atoms with Crippen molar-refractivity contribution < 1.29 is 5.11 Å². The van der Waals surface area contributed by atoms with Crippen molar-refractivity contribution in [3.8, 4) is 0 Å². The molecule has 0 fully saturated rings. The van der Waals surface area contributed by atoms with Crippen molar-refractivity contribution in [1.29, 1.82) is 0 Å². The summed E-state index contributed by atoms with van der Waals surface area (Å²) in [6.45, 7) is 9.78. The van der Waals surface area contributed by atoms with Gasteiger partial charge in [-0.05, 0) is 20.3 Å². The van der Waals surface area contributed by atoms with Crippen LogP contribution in [-0.2, 0) is 6.54 Å². The van der Waals surface area contributed by atoms with Gasteiger partial charge < -0.3 is 10.4 Å². The molecule has 0 aliphatic carbocycles. The van der Waals surface area contributed by atoms with Crippen molar-refractivity contribution in [1.82, 2.24) is 10.3 Å². The molecule has 4 heteroatoms. The third-order valence-electron chi connectivity index (χ3n) is 3.31. The maximum absolute atomic E-state index is 9.72. The van der Waals surface area contributed by atoms with E-state index in [1.54, 1.807) is 11.3 Å². The molecular formula is C12H22N2OS. The summed E-state index contributed by atoms with van der Waals surface area (Å²) in [5.74, 6) is 0. The van der Waals surface area contributed by atoms with Crippen LogP contribution >= 0.6 is 11.3 Å². The molecule has 2 atom stereocenters. The first-order valence-electron chi connectivity index (χ1n) is 5.78. The fourth-order valence-electron chi connectivity index (χ4n) is 1.53. The van der Waals surface area contributed by atoms with Gasteiger partial charge in [0, 0.05) is 29.6 Å². The van der Waals surface area contributed by atoms with Crippen LogP contribution in [0.25, 0.3) is 0 Å². The van der Waals surface area contributed by atoms with E-state index < -0.39 is 0 Å². The highest BCUT2D eigenvalue weighted by Gasteiger charge is 2.27. The van der Waals surface area contributed by atoms with Crippen molar-refractivity contribution in [3.05, 3.63) is 16.1 Å². The molecule has 0 saturated carbocycles. The number of aryl methyl sites for hydroxylation is 1. The molecule has 2 unspecified atom stereocenters. The Balaban J connectivity index is 2.39. The molecule has 1 rings (SSSR count). The van der Waals surface area contributed by atoms with Gasteiger partial charge in [-0.3, -0.25) is 0 Å². The average Bonchev–Trinajstić information content (AvgIpc) is 2.63. The van der Waals surface area contributed by atoms with Crippen molar-refractivity contribution in [2.45, 2.75) is 46.8 Å². The van der Waals surface area contributed by atoms with Crippen LogP contribution in [-0.4, -0.2) is 22.7 Å². The topological polar surface area (TPSA) is 45.2 Å². The van der Waals surface area contributed by atoms with Crippen LogP contribution in [0.15, 0.2) is 6.20 Å². The molecular weight excluding hydrogens is 220 g/mol. The zero-order chi connectivity index (χ0) is 12.2. The van der Waals surface area contributed by atoms with E-state index in [4.69, 9.17) is 0 Å². The van der Waals surface area contributed by atoms with Crippen LogP contribution < -0.4 is 5.32 Å². The second-order valence-corrected chi connectivity index (χ2v) is 5.95. The van der Waals surface area contributed by atoms with Crippen molar-refractivity contribution >= 4 is 11.3 Å². The van der Waals surface area contributed by atoms with E-state index in [0.717, 1.165) is 24.5 Å². The summed E-state index contributed by atoms with van der Waals surface area (Å²) in [5.41, 5.74) is -0.0419. The van der Waals surface area contributed by atoms with E-state index in [0.29, 0.717) is 0 Å². The quantitative estimate of drug-likeness (QED) is 0.805. The van der Waals surface area contributed by atoms with Gasteiger partial charge in [-0.15, -0.1) is 11.3 Å². The summed E-state index contributed by atoms with van der Waals surface area (Å²) < 4.78 is 0. The minimum Gasteiger partial charge on any atom is -0.393 e. The first-order valence-corrected chi connectivity index (χ1v) is 6.59. The Labute approximate surface area is 102 Å². The molecule has 0 amide bonds. The van der Waals surface area contributed by atoms with E-state index in [1.807, 2.05) is 20.0 Å². The summed E-state index contributed by atoms with van der Waals surface area (Å²) in [7, 11) is 0. The molecule has 0 aromatic carbocycles. The molecule has 0 saturated heterocycles. The number of hydrogen-bond donors (Lipinski definition) is 2. The van der Waals surface area contributed by atoms with Crippen LogP contribution in [0.1, 0.15) is 37.1 Å². The van der Waals surface area contributed by atoms with E-state index in [9.17, 15) is 5.11 Å². The number of hydrogen-bond acceptors (Lipinski definition) is 4. The molecule has 0 spiro atoms. The molecule has 0 radical (unpaired) electrons. The molecule has 92 valence electrons. The summed E-state index contributed by atoms with van der Waals surface area (Å²) >= 11 is 1.72. The van der Waals surface area contributed by atoms with Crippen LogP contribution in [0.2, 0.25) is 0 Å². The van der Waals surface area contributed by atoms with Crippen LogP contribution in [0.4, 0.5) is 0 Å². The number of nitrogens with one attached hydrogen (secondary N) is 1. The first-order chi connectivity index (χ1) is 7.48. The molecule has 1 aromatic rings. The van der Waals surface area contributed by atoms with E-state index in [2.05, 4.69) is 24.1 Å². The van der Waals surface area contributed by atoms with Gasteiger partial charge in [-0.25, -0.2) is 4.98 Å². The Morgan fingerprint density at radius 1 is 1.62 bits per heavy atom. The predicted octanol–water partition coefficient (Wildman–Crippen LogP) is 2.34. The minimum absolute atomic E-state index is 0.0419. The Morgan fingerprint density at radius 2 is 2.31 bits per heavy atom. The normalized spacial score (nSPS) is 17.1. The Morgan fingerprint density at radius 3 is 2.75 bits per heavy atom. The lowest BCUT2D eigenvalue weighted by molar-refractivity contribution is 0.0489. The Hall–Kier alpha value is -0.450. The highest BCUT2D eigenvalue weighted by Crippen LogP contribution is 2.24. The summed E-state index contributed by atoms with van der Waals surface area (Å²) in [5, 5.41) is 14.2. The number of nitrogens with zero attached hydrogens (tertiary/aromatic N) is 1. The predicted molar refractivity (Wildman–Crippen MR) is 68.6 cm³/mol. The Bertz CT molecular complexity index is 325. The minimum atomic E-state index is -0.284. The SMILES string of the molecule is CCC(C)(CNCc1cnc(C)s1)C(C)O. The number of aliphatic hydroxyl groups is 1. The fraction of sp³-hybridized carbons (Fsp3) is 0.750. The third-order valence-corrected chi connectivity index (χ3v) is 4.23. The van der Waals surface area contributed by atoms with E-state index in [-0.39, 0.29) is 11.5 Å². The zero-order valence-electron chi connectivity index (χ0n) is 10.6. The monoisotopic (exact) mass is 242 g/mol. The average molecular weight is 242 g/mol. The second kappa shape index (κ2) is 5.75. The summed E-state index contributed by atoms with van der Waals surface area (Å²) in [6.07, 6.45) is 2.60. The maximum atomic E-state index is 9.72. The molecule has 0 aliphatic heterocycles. The largest absolute Gasteiger partial charge is 0.393 e. The van der Waals surface area contributed by atoms with Crippen molar-refractivity contribution in [2.24, 2.45) is 5.41 Å². The highest BCUT2D eigenvalue weighted by atomic mass is 32.1. The number of aliphatic hydroxyl groups excluding tert-OH is 1. The first kappa shape index (κ1) is 13.6. The molecule has 0 aliphatic rings. The van der Waals surface area contributed by atoms with Crippen molar-refractivity contribution in [3.63, 3.8) is 0 Å². The van der Waals surface area contributed by atoms with Crippen LogP contribution in [0, 0.1) is 12.3 Å². The van der Waals surface area contributed by atoms with Crippen molar-refractivity contribution in [2.75, 3.05) is 6.54 Å². The summed E-state index contributed by atoms with van der Waals surface area (Å²) in [6, 6.07) is 0. The van der Waals surface area contributed by atoms with Gasteiger partial charge in [-0.2, -0.15) is 0 Å². The van der Waals surface area contributed by atoms with E-state index >= 15 is 0 Å². The zero-order valence-corrected chi connectivity index (χ0v) is 11.4. The third kappa shape index (κ3) is 3.54. The molecule has 3 nitrogen and oxygen atoms in total. The highest BCUT2D eigenvalue weighted by molar-refractivity contribution is 7.11. The van der Waals surface area contributed by atoms with Gasteiger partial charge in [-0.1, -0.05) is 13.8 Å². The van der Waals surface area contributed by atoms with Gasteiger partial charge >= 0.3 is 0 Å². The van der Waals surface area contributed by atoms with Crippen LogP contribution in [0.5, 0.6) is 0 Å². The van der Waals surface area contributed by atoms with Gasteiger partial charge in [0.05, 0.1) is 11.1 Å². The molecule has 1 heterocycles. The van der Waals surface area contributed by atoms with Gasteiger partial charge in [0.25, 0.3) is 0 Å². The van der Waals surface area contributed by atoms with Gasteiger partial charge in [0.1, 0.15) is 0 Å². The maximum Gasteiger partial charge on any atom is 0.0897 e. The summed E-state index contributed by atoms with van der Waals surface area (Å²) in [4.78, 5) is 5.47. The lowest BCUT2D eigenvalue weighted by Crippen LogP contribution is -2.39. The molecule has 16 heavy (non-hydrogen) atoms. The number of thiazole rings is 1. The standard InChI is InChI=1S/C12H22N2OS/c1-5-12(4,9(2)15)8-13-6-11-7-14-10(3)16-11/h7,9,13,15H,5-6,8H2,1-4H3. The Kier molecular flexibility index (Phi) is 4.89.